The Morgan fingerprint density at radius 1 is 1.26 bits per heavy atom. The maximum Gasteiger partial charge on any atom is 0.196 e. The molecule has 0 unspecified atom stereocenters. The Balaban J connectivity index is 2.43. The Labute approximate surface area is 114 Å². The van der Waals surface area contributed by atoms with Crippen LogP contribution in [0.25, 0.3) is 0 Å². The molecule has 1 aliphatic rings. The van der Waals surface area contributed by atoms with Gasteiger partial charge in [-0.1, -0.05) is 38.8 Å². The summed E-state index contributed by atoms with van der Waals surface area (Å²) in [6, 6.07) is 6.79. The number of nitrogens with two attached hydrogens (primary N) is 1. The molecule has 0 aliphatic carbocycles. The summed E-state index contributed by atoms with van der Waals surface area (Å²) in [5.74, 6) is 0.200. The lowest BCUT2D eigenvalue weighted by Crippen LogP contribution is -2.52. The maximum absolute atomic E-state index is 14.1. The third kappa shape index (κ3) is 2.44. The summed E-state index contributed by atoms with van der Waals surface area (Å²) in [6.07, 6.45) is 4.01. The summed E-state index contributed by atoms with van der Waals surface area (Å²) >= 11 is 0. The van der Waals surface area contributed by atoms with Crippen molar-refractivity contribution in [3.63, 3.8) is 0 Å². The van der Waals surface area contributed by atoms with E-state index in [9.17, 15) is 4.39 Å². The van der Waals surface area contributed by atoms with E-state index in [0.29, 0.717) is 18.2 Å². The average Bonchev–Trinajstić information content (AvgIpc) is 2.69. The zero-order chi connectivity index (χ0) is 13.9. The fraction of sp³-hybridized carbons (Fsp3) is 0.533. The van der Waals surface area contributed by atoms with Crippen LogP contribution in [0.1, 0.15) is 39.5 Å². The standard InChI is InChI=1S/C15H22FN3/c1-3-9-15(10-4-2)11-18-14(17)19(15)13-8-6-5-7-12(13)16/h5-8H,3-4,9-11H2,1-2H3,(H2,17,18). The van der Waals surface area contributed by atoms with Gasteiger partial charge in [-0.2, -0.15) is 0 Å². The van der Waals surface area contributed by atoms with Crippen LogP contribution in [0.3, 0.4) is 0 Å². The van der Waals surface area contributed by atoms with Gasteiger partial charge in [0, 0.05) is 0 Å². The first-order valence-electron chi connectivity index (χ1n) is 6.99. The molecule has 0 bridgehead atoms. The molecule has 3 nitrogen and oxygen atoms in total. The summed E-state index contributed by atoms with van der Waals surface area (Å²) in [6.45, 7) is 4.95. The Hall–Kier alpha value is -1.58. The van der Waals surface area contributed by atoms with E-state index in [1.54, 1.807) is 12.1 Å². The van der Waals surface area contributed by atoms with Gasteiger partial charge >= 0.3 is 0 Å². The van der Waals surface area contributed by atoms with Crippen LogP contribution in [0.5, 0.6) is 0 Å². The Kier molecular flexibility index (Phi) is 4.08. The highest BCUT2D eigenvalue weighted by atomic mass is 19.1. The van der Waals surface area contributed by atoms with Gasteiger partial charge in [0.1, 0.15) is 5.82 Å². The molecule has 0 fully saturated rings. The molecule has 1 aromatic rings. The molecular weight excluding hydrogens is 241 g/mol. The van der Waals surface area contributed by atoms with Crippen molar-refractivity contribution in [2.45, 2.75) is 45.1 Å². The molecule has 1 heterocycles. The second kappa shape index (κ2) is 5.59. The van der Waals surface area contributed by atoms with Gasteiger partial charge in [0.25, 0.3) is 0 Å². The van der Waals surface area contributed by atoms with Crippen molar-refractivity contribution >= 4 is 11.6 Å². The molecule has 104 valence electrons. The molecule has 0 saturated heterocycles. The lowest BCUT2D eigenvalue weighted by molar-refractivity contribution is 0.381. The molecule has 1 aromatic carbocycles. The first-order valence-corrected chi connectivity index (χ1v) is 6.99. The highest BCUT2D eigenvalue weighted by molar-refractivity contribution is 5.98. The van der Waals surface area contributed by atoms with Crippen LogP contribution in [0.4, 0.5) is 10.1 Å². The minimum Gasteiger partial charge on any atom is -0.369 e. The summed E-state index contributed by atoms with van der Waals surface area (Å²) in [5, 5.41) is 0. The maximum atomic E-state index is 14.1. The Morgan fingerprint density at radius 3 is 2.47 bits per heavy atom. The fourth-order valence-electron chi connectivity index (χ4n) is 3.06. The van der Waals surface area contributed by atoms with Gasteiger partial charge in [0.05, 0.1) is 17.8 Å². The number of aliphatic imine (C=N–C) groups is 1. The van der Waals surface area contributed by atoms with Crippen LogP contribution in [-0.4, -0.2) is 18.0 Å². The van der Waals surface area contributed by atoms with Gasteiger partial charge in [-0.15, -0.1) is 0 Å². The monoisotopic (exact) mass is 263 g/mol. The second-order valence-electron chi connectivity index (χ2n) is 5.19. The van der Waals surface area contributed by atoms with Crippen molar-refractivity contribution in [2.75, 3.05) is 11.4 Å². The largest absolute Gasteiger partial charge is 0.369 e. The van der Waals surface area contributed by atoms with E-state index in [4.69, 9.17) is 5.73 Å². The lowest BCUT2D eigenvalue weighted by atomic mass is 9.87. The number of rotatable bonds is 5. The molecule has 0 spiro atoms. The van der Waals surface area contributed by atoms with Crippen molar-refractivity contribution in [2.24, 2.45) is 10.7 Å². The first kappa shape index (κ1) is 13.8. The number of anilines is 1. The highest BCUT2D eigenvalue weighted by Gasteiger charge is 2.42. The van der Waals surface area contributed by atoms with E-state index in [2.05, 4.69) is 18.8 Å². The smallest absolute Gasteiger partial charge is 0.196 e. The number of halogens is 1. The van der Waals surface area contributed by atoms with Gasteiger partial charge in [0.15, 0.2) is 5.96 Å². The molecule has 0 radical (unpaired) electrons. The molecule has 19 heavy (non-hydrogen) atoms. The normalized spacial score (nSPS) is 17.6. The Morgan fingerprint density at radius 2 is 1.89 bits per heavy atom. The van der Waals surface area contributed by atoms with Crippen LogP contribution >= 0.6 is 0 Å². The number of nitrogens with zero attached hydrogens (tertiary/aromatic N) is 2. The van der Waals surface area contributed by atoms with Gasteiger partial charge in [0.2, 0.25) is 0 Å². The molecule has 0 aromatic heterocycles. The van der Waals surface area contributed by atoms with Crippen molar-refractivity contribution in [1.29, 1.82) is 0 Å². The zero-order valence-electron chi connectivity index (χ0n) is 11.7. The zero-order valence-corrected chi connectivity index (χ0v) is 11.7. The third-order valence-corrected chi connectivity index (χ3v) is 3.76. The summed E-state index contributed by atoms with van der Waals surface area (Å²) in [4.78, 5) is 6.29. The molecule has 0 atom stereocenters. The quantitative estimate of drug-likeness (QED) is 0.885. The molecule has 1 aliphatic heterocycles. The van der Waals surface area contributed by atoms with Gasteiger partial charge in [-0.3, -0.25) is 4.99 Å². The van der Waals surface area contributed by atoms with Crippen molar-refractivity contribution in [3.8, 4) is 0 Å². The predicted octanol–water partition coefficient (Wildman–Crippen LogP) is 3.30. The van der Waals surface area contributed by atoms with Crippen LogP contribution in [0, 0.1) is 5.82 Å². The number of hydrogen-bond donors (Lipinski definition) is 1. The molecular formula is C15H22FN3. The van der Waals surface area contributed by atoms with Gasteiger partial charge < -0.3 is 10.6 Å². The van der Waals surface area contributed by atoms with E-state index in [-0.39, 0.29) is 11.4 Å². The number of hydrogen-bond acceptors (Lipinski definition) is 3. The van der Waals surface area contributed by atoms with Crippen molar-refractivity contribution in [3.05, 3.63) is 30.1 Å². The third-order valence-electron chi connectivity index (χ3n) is 3.76. The molecule has 0 amide bonds. The van der Waals surface area contributed by atoms with Gasteiger partial charge in [-0.25, -0.2) is 4.39 Å². The van der Waals surface area contributed by atoms with E-state index < -0.39 is 0 Å². The van der Waals surface area contributed by atoms with E-state index in [1.807, 2.05) is 11.0 Å². The SMILES string of the molecule is CCCC1(CCC)CN=C(N)N1c1ccccc1F. The van der Waals surface area contributed by atoms with Gasteiger partial charge in [-0.05, 0) is 25.0 Å². The van der Waals surface area contributed by atoms with Crippen LogP contribution in [-0.2, 0) is 0 Å². The summed E-state index contributed by atoms with van der Waals surface area (Å²) in [7, 11) is 0. The minimum atomic E-state index is -0.237. The number of para-hydroxylation sites is 1. The van der Waals surface area contributed by atoms with E-state index in [0.717, 1.165) is 25.7 Å². The van der Waals surface area contributed by atoms with Crippen molar-refractivity contribution < 1.29 is 4.39 Å². The number of benzene rings is 1. The van der Waals surface area contributed by atoms with E-state index in [1.165, 1.54) is 6.07 Å². The van der Waals surface area contributed by atoms with E-state index >= 15 is 0 Å². The topological polar surface area (TPSA) is 41.6 Å². The van der Waals surface area contributed by atoms with Crippen molar-refractivity contribution in [1.82, 2.24) is 0 Å². The second-order valence-corrected chi connectivity index (χ2v) is 5.19. The van der Waals surface area contributed by atoms with Crippen LogP contribution in [0.2, 0.25) is 0 Å². The predicted molar refractivity (Wildman–Crippen MR) is 77.9 cm³/mol. The fourth-order valence-corrected chi connectivity index (χ4v) is 3.06. The molecule has 4 heteroatoms. The van der Waals surface area contributed by atoms with Crippen LogP contribution in [0.15, 0.2) is 29.3 Å². The summed E-state index contributed by atoms with van der Waals surface area (Å²) < 4.78 is 14.1. The minimum absolute atomic E-state index is 0.157. The molecule has 2 rings (SSSR count). The lowest BCUT2D eigenvalue weighted by Gasteiger charge is -2.39. The van der Waals surface area contributed by atoms with Crippen LogP contribution < -0.4 is 10.6 Å². The average molecular weight is 263 g/mol. The molecule has 2 N–H and O–H groups in total. The molecule has 0 saturated carbocycles. The number of guanidine groups is 1. The highest BCUT2D eigenvalue weighted by Crippen LogP contribution is 2.36. The Bertz CT molecular complexity index is 464. The first-order chi connectivity index (χ1) is 9.14. The summed E-state index contributed by atoms with van der Waals surface area (Å²) in [5.41, 5.74) is 6.41.